The third-order valence-electron chi connectivity index (χ3n) is 1.99. The standard InChI is InChI=1S/C11H16O3/c1-3-14-10-6-4-9(5-7-10)11(13)8(2)12/h4-8,11-13H,3H2,1-2H3. The fourth-order valence-corrected chi connectivity index (χ4v) is 1.21. The molecule has 1 rings (SSSR count). The lowest BCUT2D eigenvalue weighted by molar-refractivity contribution is 0.0305. The van der Waals surface area contributed by atoms with Crippen LogP contribution < -0.4 is 4.74 Å². The van der Waals surface area contributed by atoms with Crippen molar-refractivity contribution in [2.75, 3.05) is 6.61 Å². The van der Waals surface area contributed by atoms with Gasteiger partial charge in [0.2, 0.25) is 0 Å². The van der Waals surface area contributed by atoms with Gasteiger partial charge in [0.1, 0.15) is 11.9 Å². The Morgan fingerprint density at radius 3 is 2.21 bits per heavy atom. The van der Waals surface area contributed by atoms with E-state index in [0.29, 0.717) is 12.2 Å². The van der Waals surface area contributed by atoms with Crippen molar-refractivity contribution in [1.29, 1.82) is 0 Å². The second-order valence-electron chi connectivity index (χ2n) is 3.19. The van der Waals surface area contributed by atoms with Crippen LogP contribution in [0.1, 0.15) is 25.5 Å². The molecule has 78 valence electrons. The number of hydrogen-bond donors (Lipinski definition) is 2. The minimum Gasteiger partial charge on any atom is -0.494 e. The molecule has 1 aromatic rings. The summed E-state index contributed by atoms with van der Waals surface area (Å²) >= 11 is 0. The highest BCUT2D eigenvalue weighted by Gasteiger charge is 2.12. The maximum absolute atomic E-state index is 9.53. The predicted octanol–water partition coefficient (Wildman–Crippen LogP) is 1.50. The highest BCUT2D eigenvalue weighted by atomic mass is 16.5. The van der Waals surface area contributed by atoms with E-state index in [-0.39, 0.29) is 0 Å². The molecule has 1 aromatic carbocycles. The van der Waals surface area contributed by atoms with Gasteiger partial charge in [0, 0.05) is 0 Å². The molecule has 0 fully saturated rings. The fourth-order valence-electron chi connectivity index (χ4n) is 1.21. The summed E-state index contributed by atoms with van der Waals surface area (Å²) in [6.45, 7) is 4.10. The highest BCUT2D eigenvalue weighted by Crippen LogP contribution is 2.19. The zero-order valence-corrected chi connectivity index (χ0v) is 8.47. The second kappa shape index (κ2) is 4.98. The van der Waals surface area contributed by atoms with Gasteiger partial charge < -0.3 is 14.9 Å². The van der Waals surface area contributed by atoms with Crippen molar-refractivity contribution in [3.8, 4) is 5.75 Å². The molecule has 0 saturated carbocycles. The van der Waals surface area contributed by atoms with Gasteiger partial charge in [-0.15, -0.1) is 0 Å². The summed E-state index contributed by atoms with van der Waals surface area (Å²) in [5, 5.41) is 18.7. The second-order valence-corrected chi connectivity index (χ2v) is 3.19. The van der Waals surface area contributed by atoms with Crippen molar-refractivity contribution in [3.05, 3.63) is 29.8 Å². The molecule has 0 bridgehead atoms. The van der Waals surface area contributed by atoms with Gasteiger partial charge in [-0.2, -0.15) is 0 Å². The van der Waals surface area contributed by atoms with E-state index in [4.69, 9.17) is 9.84 Å². The monoisotopic (exact) mass is 196 g/mol. The molecule has 3 heteroatoms. The van der Waals surface area contributed by atoms with Crippen molar-refractivity contribution in [1.82, 2.24) is 0 Å². The summed E-state index contributed by atoms with van der Waals surface area (Å²) in [6, 6.07) is 7.07. The van der Waals surface area contributed by atoms with Crippen LogP contribution in [0, 0.1) is 0 Å². The molecule has 14 heavy (non-hydrogen) atoms. The van der Waals surface area contributed by atoms with Crippen molar-refractivity contribution in [2.45, 2.75) is 26.1 Å². The molecular weight excluding hydrogens is 180 g/mol. The van der Waals surface area contributed by atoms with E-state index >= 15 is 0 Å². The average molecular weight is 196 g/mol. The Balaban J connectivity index is 2.72. The first-order chi connectivity index (χ1) is 6.65. The van der Waals surface area contributed by atoms with Crippen LogP contribution in [0.15, 0.2) is 24.3 Å². The van der Waals surface area contributed by atoms with E-state index in [9.17, 15) is 5.11 Å². The van der Waals surface area contributed by atoms with Crippen molar-refractivity contribution < 1.29 is 14.9 Å². The van der Waals surface area contributed by atoms with E-state index in [1.54, 1.807) is 31.2 Å². The van der Waals surface area contributed by atoms with Crippen LogP contribution in [0.3, 0.4) is 0 Å². The summed E-state index contributed by atoms with van der Waals surface area (Å²) in [5.41, 5.74) is 0.698. The van der Waals surface area contributed by atoms with Crippen LogP contribution in [0.2, 0.25) is 0 Å². The zero-order chi connectivity index (χ0) is 10.6. The summed E-state index contributed by atoms with van der Waals surface area (Å²) in [4.78, 5) is 0. The van der Waals surface area contributed by atoms with Gasteiger partial charge in [-0.3, -0.25) is 0 Å². The van der Waals surface area contributed by atoms with E-state index in [2.05, 4.69) is 0 Å². The molecule has 3 nitrogen and oxygen atoms in total. The number of ether oxygens (including phenoxy) is 1. The van der Waals surface area contributed by atoms with Crippen molar-refractivity contribution in [3.63, 3.8) is 0 Å². The number of aliphatic hydroxyl groups is 2. The molecule has 0 heterocycles. The molecule has 2 N–H and O–H groups in total. The normalized spacial score (nSPS) is 14.9. The van der Waals surface area contributed by atoms with Crippen LogP contribution in [-0.2, 0) is 0 Å². The number of hydrogen-bond acceptors (Lipinski definition) is 3. The predicted molar refractivity (Wildman–Crippen MR) is 54.3 cm³/mol. The SMILES string of the molecule is CCOc1ccc(C(O)C(C)O)cc1. The molecule has 0 aromatic heterocycles. The van der Waals surface area contributed by atoms with E-state index in [0.717, 1.165) is 5.75 Å². The maximum Gasteiger partial charge on any atom is 0.119 e. The lowest BCUT2D eigenvalue weighted by Crippen LogP contribution is -2.13. The fraction of sp³-hybridized carbons (Fsp3) is 0.455. The number of aliphatic hydroxyl groups excluding tert-OH is 2. The molecule has 0 aliphatic carbocycles. The minimum atomic E-state index is -0.828. The quantitative estimate of drug-likeness (QED) is 0.767. The summed E-state index contributed by atoms with van der Waals surface area (Å²) in [6.07, 6.45) is -1.58. The summed E-state index contributed by atoms with van der Waals surface area (Å²) in [5.74, 6) is 0.772. The number of rotatable bonds is 4. The third-order valence-corrected chi connectivity index (χ3v) is 1.99. The Morgan fingerprint density at radius 2 is 1.79 bits per heavy atom. The van der Waals surface area contributed by atoms with Gasteiger partial charge >= 0.3 is 0 Å². The lowest BCUT2D eigenvalue weighted by atomic mass is 10.1. The smallest absolute Gasteiger partial charge is 0.119 e. The lowest BCUT2D eigenvalue weighted by Gasteiger charge is -2.14. The van der Waals surface area contributed by atoms with Gasteiger partial charge in [-0.1, -0.05) is 12.1 Å². The maximum atomic E-state index is 9.53. The minimum absolute atomic E-state index is 0.623. The first kappa shape index (κ1) is 11.0. The Kier molecular flexibility index (Phi) is 3.92. The third kappa shape index (κ3) is 2.72. The van der Waals surface area contributed by atoms with E-state index < -0.39 is 12.2 Å². The van der Waals surface area contributed by atoms with E-state index in [1.807, 2.05) is 6.92 Å². The van der Waals surface area contributed by atoms with Crippen LogP contribution >= 0.6 is 0 Å². The van der Waals surface area contributed by atoms with Crippen LogP contribution in [-0.4, -0.2) is 22.9 Å². The molecule has 0 amide bonds. The average Bonchev–Trinajstić information content (AvgIpc) is 2.18. The molecule has 0 aliphatic rings. The first-order valence-electron chi connectivity index (χ1n) is 4.74. The van der Waals surface area contributed by atoms with Gasteiger partial charge in [0.25, 0.3) is 0 Å². The Bertz CT molecular complexity index is 266. The largest absolute Gasteiger partial charge is 0.494 e. The van der Waals surface area contributed by atoms with Gasteiger partial charge in [-0.25, -0.2) is 0 Å². The zero-order valence-electron chi connectivity index (χ0n) is 8.47. The van der Waals surface area contributed by atoms with Gasteiger partial charge in [0.05, 0.1) is 12.7 Å². The number of benzene rings is 1. The van der Waals surface area contributed by atoms with Crippen LogP contribution in [0.4, 0.5) is 0 Å². The molecule has 0 spiro atoms. The first-order valence-corrected chi connectivity index (χ1v) is 4.74. The van der Waals surface area contributed by atoms with Crippen LogP contribution in [0.5, 0.6) is 5.75 Å². The molecule has 0 saturated heterocycles. The highest BCUT2D eigenvalue weighted by molar-refractivity contribution is 5.28. The Morgan fingerprint density at radius 1 is 1.21 bits per heavy atom. The van der Waals surface area contributed by atoms with Crippen molar-refractivity contribution in [2.24, 2.45) is 0 Å². The topological polar surface area (TPSA) is 49.7 Å². The van der Waals surface area contributed by atoms with Gasteiger partial charge in [0.15, 0.2) is 0 Å². The Labute approximate surface area is 84.0 Å². The molecule has 2 unspecified atom stereocenters. The molecule has 0 aliphatic heterocycles. The van der Waals surface area contributed by atoms with Crippen molar-refractivity contribution >= 4 is 0 Å². The molecule has 0 radical (unpaired) electrons. The summed E-state index contributed by atoms with van der Waals surface area (Å²) in [7, 11) is 0. The Hall–Kier alpha value is -1.06. The summed E-state index contributed by atoms with van der Waals surface area (Å²) < 4.78 is 5.26. The molecular formula is C11H16O3. The molecule has 2 atom stereocenters. The van der Waals surface area contributed by atoms with Gasteiger partial charge in [-0.05, 0) is 31.5 Å². The van der Waals surface area contributed by atoms with E-state index in [1.165, 1.54) is 0 Å². The van der Waals surface area contributed by atoms with Crippen LogP contribution in [0.25, 0.3) is 0 Å².